The summed E-state index contributed by atoms with van der Waals surface area (Å²) in [5.74, 6) is 0.0517. The Balaban J connectivity index is 1.45. The van der Waals surface area contributed by atoms with Gasteiger partial charge in [-0.1, -0.05) is 6.07 Å². The van der Waals surface area contributed by atoms with E-state index in [-0.39, 0.29) is 11.6 Å². The summed E-state index contributed by atoms with van der Waals surface area (Å²) in [6, 6.07) is 6.19. The molecule has 0 radical (unpaired) electrons. The maximum atomic E-state index is 12.1. The molecule has 24 heavy (non-hydrogen) atoms. The van der Waals surface area contributed by atoms with E-state index in [1.165, 1.54) is 6.42 Å². The quantitative estimate of drug-likeness (QED) is 0.720. The van der Waals surface area contributed by atoms with E-state index in [1.54, 1.807) is 0 Å². The minimum absolute atomic E-state index is 0.0517. The number of benzene rings is 1. The molecule has 0 bridgehead atoms. The number of amides is 1. The highest BCUT2D eigenvalue weighted by Crippen LogP contribution is 2.13. The lowest BCUT2D eigenvalue weighted by Crippen LogP contribution is -2.36. The molecule has 1 aromatic carbocycles. The third-order valence-corrected chi connectivity index (χ3v) is 4.75. The van der Waals surface area contributed by atoms with Crippen molar-refractivity contribution in [2.75, 3.05) is 33.7 Å². The molecule has 0 spiro atoms. The monoisotopic (exact) mass is 331 g/mol. The van der Waals surface area contributed by atoms with E-state index < -0.39 is 0 Å². The van der Waals surface area contributed by atoms with Crippen LogP contribution in [0.1, 0.15) is 18.4 Å². The Hall–Kier alpha value is -2.12. The fraction of sp³-hybridized carbons (Fsp3) is 0.529. The highest BCUT2D eigenvalue weighted by Gasteiger charge is 2.23. The number of imidazole rings is 1. The molecule has 3 rings (SSSR count). The summed E-state index contributed by atoms with van der Waals surface area (Å²) < 4.78 is 0. The van der Waals surface area contributed by atoms with Crippen LogP contribution in [0.2, 0.25) is 0 Å². The number of aromatic amines is 2. The molecule has 1 fully saturated rings. The average Bonchev–Trinajstić information content (AvgIpc) is 3.14. The van der Waals surface area contributed by atoms with Crippen LogP contribution in [0.3, 0.4) is 0 Å². The predicted molar refractivity (Wildman–Crippen MR) is 93.9 cm³/mol. The number of likely N-dealkylation sites (tertiary alicyclic amines) is 1. The van der Waals surface area contributed by atoms with Crippen LogP contribution in [0.5, 0.6) is 0 Å². The zero-order valence-corrected chi connectivity index (χ0v) is 14.3. The second kappa shape index (κ2) is 7.19. The van der Waals surface area contributed by atoms with Crippen LogP contribution < -0.4 is 11.0 Å². The standard InChI is InChI=1S/C17H25N5O2/c1-21-7-5-13(11-21)22(2)8-6-16(23)18-10-12-3-4-14-15(9-12)20-17(24)19-14/h3-4,9,13H,5-8,10-11H2,1-2H3,(H,18,23)(H2,19,20,24)/t13-/m0/s1. The summed E-state index contributed by atoms with van der Waals surface area (Å²) in [4.78, 5) is 33.3. The van der Waals surface area contributed by atoms with Crippen molar-refractivity contribution >= 4 is 16.9 Å². The van der Waals surface area contributed by atoms with Gasteiger partial charge in [0.1, 0.15) is 0 Å². The Morgan fingerprint density at radius 2 is 2.17 bits per heavy atom. The van der Waals surface area contributed by atoms with Gasteiger partial charge in [0.2, 0.25) is 5.91 Å². The number of aromatic nitrogens is 2. The zero-order chi connectivity index (χ0) is 17.1. The van der Waals surface area contributed by atoms with Crippen molar-refractivity contribution in [1.82, 2.24) is 25.1 Å². The first-order chi connectivity index (χ1) is 11.5. The van der Waals surface area contributed by atoms with Gasteiger partial charge in [0.05, 0.1) is 11.0 Å². The Morgan fingerprint density at radius 3 is 2.92 bits per heavy atom. The molecule has 1 atom stereocenters. The number of nitrogens with one attached hydrogen (secondary N) is 3. The van der Waals surface area contributed by atoms with Gasteiger partial charge in [-0.2, -0.15) is 0 Å². The van der Waals surface area contributed by atoms with Crippen LogP contribution in [-0.2, 0) is 11.3 Å². The van der Waals surface area contributed by atoms with Crippen LogP contribution >= 0.6 is 0 Å². The molecule has 130 valence electrons. The van der Waals surface area contributed by atoms with Crippen molar-refractivity contribution in [1.29, 1.82) is 0 Å². The van der Waals surface area contributed by atoms with Crippen molar-refractivity contribution in [2.24, 2.45) is 0 Å². The number of carbonyl (C=O) groups is 1. The van der Waals surface area contributed by atoms with Gasteiger partial charge in [-0.15, -0.1) is 0 Å². The van der Waals surface area contributed by atoms with Gasteiger partial charge in [0.15, 0.2) is 0 Å². The van der Waals surface area contributed by atoms with Crippen molar-refractivity contribution in [3.05, 3.63) is 34.2 Å². The number of nitrogens with zero attached hydrogens (tertiary/aromatic N) is 2. The number of likely N-dealkylation sites (N-methyl/N-ethyl adjacent to an activating group) is 2. The first-order valence-electron chi connectivity index (χ1n) is 8.37. The molecular weight excluding hydrogens is 306 g/mol. The van der Waals surface area contributed by atoms with Crippen LogP contribution in [0.25, 0.3) is 11.0 Å². The molecule has 1 aromatic heterocycles. The molecule has 2 aromatic rings. The summed E-state index contributed by atoms with van der Waals surface area (Å²) in [6.45, 7) is 3.45. The molecule has 0 unspecified atom stereocenters. The molecule has 3 N–H and O–H groups in total. The lowest BCUT2D eigenvalue weighted by Gasteiger charge is -2.23. The number of fused-ring (bicyclic) bond motifs is 1. The first-order valence-corrected chi connectivity index (χ1v) is 8.37. The number of carbonyl (C=O) groups excluding carboxylic acids is 1. The van der Waals surface area contributed by atoms with Gasteiger partial charge in [-0.05, 0) is 44.8 Å². The van der Waals surface area contributed by atoms with E-state index in [0.29, 0.717) is 19.0 Å². The largest absolute Gasteiger partial charge is 0.352 e. The van der Waals surface area contributed by atoms with Gasteiger partial charge in [-0.3, -0.25) is 4.79 Å². The van der Waals surface area contributed by atoms with Crippen LogP contribution in [0, 0.1) is 0 Å². The Labute approximate surface area is 141 Å². The van der Waals surface area contributed by atoms with E-state index in [1.807, 2.05) is 18.2 Å². The van der Waals surface area contributed by atoms with Crippen molar-refractivity contribution in [3.8, 4) is 0 Å². The highest BCUT2D eigenvalue weighted by molar-refractivity contribution is 5.77. The van der Waals surface area contributed by atoms with Gasteiger partial charge >= 0.3 is 5.69 Å². The molecular formula is C17H25N5O2. The second-order valence-electron chi connectivity index (χ2n) is 6.67. The molecule has 1 aliphatic heterocycles. The third-order valence-electron chi connectivity index (χ3n) is 4.75. The maximum Gasteiger partial charge on any atom is 0.323 e. The van der Waals surface area contributed by atoms with Crippen molar-refractivity contribution in [2.45, 2.75) is 25.4 Å². The lowest BCUT2D eigenvalue weighted by atomic mass is 10.2. The molecule has 0 aliphatic carbocycles. The van der Waals surface area contributed by atoms with Crippen LogP contribution in [-0.4, -0.2) is 65.4 Å². The summed E-state index contributed by atoms with van der Waals surface area (Å²) in [5, 5.41) is 2.95. The zero-order valence-electron chi connectivity index (χ0n) is 14.3. The minimum Gasteiger partial charge on any atom is -0.352 e. The summed E-state index contributed by atoms with van der Waals surface area (Å²) in [6.07, 6.45) is 1.67. The second-order valence-corrected chi connectivity index (χ2v) is 6.67. The normalized spacial score (nSPS) is 18.5. The number of hydrogen-bond donors (Lipinski definition) is 3. The summed E-state index contributed by atoms with van der Waals surface area (Å²) >= 11 is 0. The number of rotatable bonds is 6. The Bertz CT molecular complexity index is 766. The van der Waals surface area contributed by atoms with Gasteiger partial charge in [0.25, 0.3) is 0 Å². The fourth-order valence-electron chi connectivity index (χ4n) is 3.21. The lowest BCUT2D eigenvalue weighted by molar-refractivity contribution is -0.121. The van der Waals surface area contributed by atoms with E-state index in [9.17, 15) is 9.59 Å². The van der Waals surface area contributed by atoms with E-state index >= 15 is 0 Å². The van der Waals surface area contributed by atoms with E-state index in [2.05, 4.69) is 39.2 Å². The highest BCUT2D eigenvalue weighted by atomic mass is 16.1. The molecule has 7 nitrogen and oxygen atoms in total. The maximum absolute atomic E-state index is 12.1. The number of hydrogen-bond acceptors (Lipinski definition) is 4. The molecule has 0 saturated carbocycles. The molecule has 1 saturated heterocycles. The minimum atomic E-state index is -0.216. The summed E-state index contributed by atoms with van der Waals surface area (Å²) in [7, 11) is 4.22. The smallest absolute Gasteiger partial charge is 0.323 e. The van der Waals surface area contributed by atoms with E-state index in [4.69, 9.17) is 0 Å². The molecule has 2 heterocycles. The van der Waals surface area contributed by atoms with E-state index in [0.717, 1.165) is 36.2 Å². The van der Waals surface area contributed by atoms with Crippen LogP contribution in [0.15, 0.2) is 23.0 Å². The molecule has 7 heteroatoms. The fourth-order valence-corrected chi connectivity index (χ4v) is 3.21. The van der Waals surface area contributed by atoms with Gasteiger partial charge < -0.3 is 25.1 Å². The van der Waals surface area contributed by atoms with Crippen molar-refractivity contribution in [3.63, 3.8) is 0 Å². The van der Waals surface area contributed by atoms with Gasteiger partial charge in [-0.25, -0.2) is 4.79 Å². The SMILES string of the molecule is CN1CC[C@H](N(C)CCC(=O)NCc2ccc3[nH]c(=O)[nH]c3c2)C1. The Morgan fingerprint density at radius 1 is 1.38 bits per heavy atom. The third kappa shape index (κ3) is 4.04. The molecule has 1 aliphatic rings. The predicted octanol–water partition coefficient (Wildman–Crippen LogP) is 0.498. The van der Waals surface area contributed by atoms with Crippen molar-refractivity contribution < 1.29 is 4.79 Å². The topological polar surface area (TPSA) is 84.2 Å². The van der Waals surface area contributed by atoms with Crippen LogP contribution in [0.4, 0.5) is 0 Å². The number of H-pyrrole nitrogens is 2. The summed E-state index contributed by atoms with van der Waals surface area (Å²) in [5.41, 5.74) is 2.29. The first kappa shape index (κ1) is 16.7. The van der Waals surface area contributed by atoms with Gasteiger partial charge in [0, 0.05) is 32.1 Å². The average molecular weight is 331 g/mol. The Kier molecular flexibility index (Phi) is 5.01. The molecule has 1 amide bonds.